The normalized spacial score (nSPS) is 30.0. The predicted molar refractivity (Wildman–Crippen MR) is 51.2 cm³/mol. The lowest BCUT2D eigenvalue weighted by atomic mass is 10.1. The van der Waals surface area contributed by atoms with E-state index >= 15 is 0 Å². The Bertz CT molecular complexity index is 137. The molecule has 0 unspecified atom stereocenters. The fourth-order valence-corrected chi connectivity index (χ4v) is 2.13. The molecule has 0 spiro atoms. The molecule has 2 nitrogen and oxygen atoms in total. The van der Waals surface area contributed by atoms with Gasteiger partial charge in [0.15, 0.2) is 0 Å². The van der Waals surface area contributed by atoms with Crippen molar-refractivity contribution in [2.75, 3.05) is 33.2 Å². The molecule has 0 bridgehead atoms. The highest BCUT2D eigenvalue weighted by atomic mass is 15.1. The van der Waals surface area contributed by atoms with Crippen LogP contribution in [0.3, 0.4) is 0 Å². The molecule has 2 heteroatoms. The monoisotopic (exact) mass is 168 g/mol. The van der Waals surface area contributed by atoms with Crippen molar-refractivity contribution < 1.29 is 0 Å². The van der Waals surface area contributed by atoms with E-state index in [1.165, 1.54) is 45.4 Å². The molecule has 1 aliphatic heterocycles. The maximum absolute atomic E-state index is 3.42. The van der Waals surface area contributed by atoms with Crippen LogP contribution in [0.5, 0.6) is 0 Å². The molecule has 12 heavy (non-hydrogen) atoms. The van der Waals surface area contributed by atoms with Crippen molar-refractivity contribution in [1.29, 1.82) is 0 Å². The van der Waals surface area contributed by atoms with Crippen LogP contribution in [0.1, 0.15) is 19.3 Å². The molecular weight excluding hydrogens is 148 g/mol. The molecule has 0 aromatic carbocycles. The third-order valence-electron chi connectivity index (χ3n) is 3.00. The lowest BCUT2D eigenvalue weighted by molar-refractivity contribution is 0.275. The molecule has 1 N–H and O–H groups in total. The molecule has 1 atom stereocenters. The van der Waals surface area contributed by atoms with E-state index in [1.807, 2.05) is 0 Å². The van der Waals surface area contributed by atoms with Gasteiger partial charge in [0.1, 0.15) is 0 Å². The Balaban J connectivity index is 1.62. The Morgan fingerprint density at radius 2 is 1.92 bits per heavy atom. The van der Waals surface area contributed by atoms with E-state index < -0.39 is 0 Å². The summed E-state index contributed by atoms with van der Waals surface area (Å²) in [6.45, 7) is 5.14. The van der Waals surface area contributed by atoms with Gasteiger partial charge >= 0.3 is 0 Å². The smallest absolute Gasteiger partial charge is 0.00193 e. The van der Waals surface area contributed by atoms with E-state index in [0.29, 0.717) is 0 Å². The second-order valence-corrected chi connectivity index (χ2v) is 4.52. The van der Waals surface area contributed by atoms with E-state index in [1.54, 1.807) is 0 Å². The van der Waals surface area contributed by atoms with E-state index in [9.17, 15) is 0 Å². The Labute approximate surface area is 75.3 Å². The fraction of sp³-hybridized carbons (Fsp3) is 1.00. The predicted octanol–water partition coefficient (Wildman–Crippen LogP) is 0.938. The number of nitrogens with zero attached hydrogens (tertiary/aromatic N) is 1. The average molecular weight is 168 g/mol. The van der Waals surface area contributed by atoms with Gasteiger partial charge in [-0.15, -0.1) is 0 Å². The SMILES string of the molecule is CN(CC1CC1)C[C@@H]1CCNC1. The summed E-state index contributed by atoms with van der Waals surface area (Å²) in [4.78, 5) is 2.52. The van der Waals surface area contributed by atoms with Crippen molar-refractivity contribution in [2.45, 2.75) is 19.3 Å². The molecule has 70 valence electrons. The molecule has 0 aromatic rings. The summed E-state index contributed by atoms with van der Waals surface area (Å²) in [6.07, 6.45) is 4.34. The summed E-state index contributed by atoms with van der Waals surface area (Å²) in [6, 6.07) is 0. The average Bonchev–Trinajstić information content (AvgIpc) is 2.66. The topological polar surface area (TPSA) is 15.3 Å². The zero-order valence-corrected chi connectivity index (χ0v) is 8.05. The molecule has 2 fully saturated rings. The van der Waals surface area contributed by atoms with Gasteiger partial charge in [0, 0.05) is 13.1 Å². The summed E-state index contributed by atoms with van der Waals surface area (Å²) in [5.74, 6) is 1.97. The molecule has 0 aromatic heterocycles. The quantitative estimate of drug-likeness (QED) is 0.672. The highest BCUT2D eigenvalue weighted by Crippen LogP contribution is 2.29. The molecule has 2 aliphatic rings. The summed E-state index contributed by atoms with van der Waals surface area (Å²) < 4.78 is 0. The second kappa shape index (κ2) is 3.75. The van der Waals surface area contributed by atoms with Gasteiger partial charge in [-0.25, -0.2) is 0 Å². The Morgan fingerprint density at radius 3 is 2.50 bits per heavy atom. The number of hydrogen-bond donors (Lipinski definition) is 1. The van der Waals surface area contributed by atoms with Crippen LogP contribution in [0.4, 0.5) is 0 Å². The summed E-state index contributed by atoms with van der Waals surface area (Å²) in [5.41, 5.74) is 0. The number of nitrogens with one attached hydrogen (secondary N) is 1. The molecule has 1 saturated carbocycles. The zero-order chi connectivity index (χ0) is 8.39. The number of rotatable bonds is 4. The van der Waals surface area contributed by atoms with Crippen LogP contribution in [0, 0.1) is 11.8 Å². The third kappa shape index (κ3) is 2.46. The minimum atomic E-state index is 0.925. The molecule has 2 rings (SSSR count). The van der Waals surface area contributed by atoms with Gasteiger partial charge in [-0.05, 0) is 51.2 Å². The van der Waals surface area contributed by atoms with Crippen LogP contribution >= 0.6 is 0 Å². The van der Waals surface area contributed by atoms with Crippen molar-refractivity contribution in [3.63, 3.8) is 0 Å². The molecular formula is C10H20N2. The van der Waals surface area contributed by atoms with Crippen molar-refractivity contribution in [3.8, 4) is 0 Å². The Kier molecular flexibility index (Phi) is 2.66. The Morgan fingerprint density at radius 1 is 1.17 bits per heavy atom. The Hall–Kier alpha value is -0.0800. The lowest BCUT2D eigenvalue weighted by Gasteiger charge is -2.19. The largest absolute Gasteiger partial charge is 0.316 e. The van der Waals surface area contributed by atoms with Crippen molar-refractivity contribution in [1.82, 2.24) is 10.2 Å². The van der Waals surface area contributed by atoms with Gasteiger partial charge in [0.25, 0.3) is 0 Å². The minimum Gasteiger partial charge on any atom is -0.316 e. The summed E-state index contributed by atoms with van der Waals surface area (Å²) in [5, 5.41) is 3.42. The van der Waals surface area contributed by atoms with Crippen molar-refractivity contribution >= 4 is 0 Å². The standard InChI is InChI=1S/C10H20N2/c1-12(7-9-2-3-9)8-10-4-5-11-6-10/h9-11H,2-8H2,1H3/t10-/m1/s1. The molecule has 1 aliphatic carbocycles. The van der Waals surface area contributed by atoms with E-state index in [4.69, 9.17) is 0 Å². The van der Waals surface area contributed by atoms with Crippen molar-refractivity contribution in [2.24, 2.45) is 11.8 Å². The first-order valence-corrected chi connectivity index (χ1v) is 5.24. The van der Waals surface area contributed by atoms with E-state index in [0.717, 1.165) is 11.8 Å². The summed E-state index contributed by atoms with van der Waals surface area (Å²) >= 11 is 0. The number of hydrogen-bond acceptors (Lipinski definition) is 2. The van der Waals surface area contributed by atoms with Crippen LogP contribution in [0.25, 0.3) is 0 Å². The van der Waals surface area contributed by atoms with Crippen LogP contribution in [0.2, 0.25) is 0 Å². The van der Waals surface area contributed by atoms with Crippen LogP contribution in [-0.2, 0) is 0 Å². The maximum atomic E-state index is 3.42. The van der Waals surface area contributed by atoms with Crippen LogP contribution in [-0.4, -0.2) is 38.1 Å². The maximum Gasteiger partial charge on any atom is 0.00193 e. The zero-order valence-electron chi connectivity index (χ0n) is 8.05. The lowest BCUT2D eigenvalue weighted by Crippen LogP contribution is -2.28. The van der Waals surface area contributed by atoms with Crippen LogP contribution in [0.15, 0.2) is 0 Å². The molecule has 1 heterocycles. The molecule has 0 radical (unpaired) electrons. The van der Waals surface area contributed by atoms with Gasteiger partial charge < -0.3 is 10.2 Å². The first-order valence-electron chi connectivity index (χ1n) is 5.24. The first-order chi connectivity index (χ1) is 5.84. The summed E-state index contributed by atoms with van der Waals surface area (Å²) in [7, 11) is 2.27. The van der Waals surface area contributed by atoms with Gasteiger partial charge in [0.2, 0.25) is 0 Å². The highest BCUT2D eigenvalue weighted by molar-refractivity contribution is 4.79. The van der Waals surface area contributed by atoms with Crippen molar-refractivity contribution in [3.05, 3.63) is 0 Å². The van der Waals surface area contributed by atoms with Crippen LogP contribution < -0.4 is 5.32 Å². The minimum absolute atomic E-state index is 0.925. The molecule has 1 saturated heterocycles. The first kappa shape index (κ1) is 8.52. The van der Waals surface area contributed by atoms with E-state index in [-0.39, 0.29) is 0 Å². The van der Waals surface area contributed by atoms with Gasteiger partial charge in [0.05, 0.1) is 0 Å². The highest BCUT2D eigenvalue weighted by Gasteiger charge is 2.24. The van der Waals surface area contributed by atoms with Gasteiger partial charge in [-0.1, -0.05) is 0 Å². The molecule has 0 amide bonds. The van der Waals surface area contributed by atoms with Gasteiger partial charge in [-0.3, -0.25) is 0 Å². The third-order valence-corrected chi connectivity index (χ3v) is 3.00. The van der Waals surface area contributed by atoms with Gasteiger partial charge in [-0.2, -0.15) is 0 Å². The second-order valence-electron chi connectivity index (χ2n) is 4.52. The fourth-order valence-electron chi connectivity index (χ4n) is 2.13. The van der Waals surface area contributed by atoms with E-state index in [2.05, 4.69) is 17.3 Å².